The van der Waals surface area contributed by atoms with Crippen molar-refractivity contribution in [3.8, 4) is 11.8 Å². The first kappa shape index (κ1) is 14.1. The first-order chi connectivity index (χ1) is 9.10. The number of nitriles is 1. The van der Waals surface area contributed by atoms with Gasteiger partial charge in [-0.15, -0.1) is 0 Å². The van der Waals surface area contributed by atoms with Crippen LogP contribution in [0.5, 0.6) is 5.75 Å². The van der Waals surface area contributed by atoms with E-state index in [0.29, 0.717) is 5.57 Å². The Morgan fingerprint density at radius 3 is 2.68 bits per heavy atom. The van der Waals surface area contributed by atoms with Crippen LogP contribution in [-0.2, 0) is 0 Å². The van der Waals surface area contributed by atoms with E-state index in [1.807, 2.05) is 36.4 Å². The fraction of sp³-hybridized carbons (Fsp3) is 0. The largest absolute Gasteiger partial charge is 0.507 e. The lowest BCUT2D eigenvalue weighted by molar-refractivity contribution is 0.471. The van der Waals surface area contributed by atoms with Crippen LogP contribution in [0.4, 0.5) is 0 Å². The minimum atomic E-state index is 0.249. The van der Waals surface area contributed by atoms with Gasteiger partial charge in [0.05, 0.1) is 15.2 Å². The van der Waals surface area contributed by atoms with E-state index in [1.165, 1.54) is 0 Å². The zero-order valence-electron chi connectivity index (χ0n) is 9.77. The highest BCUT2D eigenvalue weighted by atomic mass is 127. The van der Waals surface area contributed by atoms with Gasteiger partial charge in [-0.05, 0) is 64.1 Å². The van der Waals surface area contributed by atoms with Gasteiger partial charge >= 0.3 is 0 Å². The maximum atomic E-state index is 9.49. The van der Waals surface area contributed by atoms with Crippen LogP contribution >= 0.6 is 38.5 Å². The normalized spacial score (nSPS) is 11.1. The molecule has 0 fully saturated rings. The Balaban J connectivity index is 2.44. The average molecular weight is 426 g/mol. The number of halogens is 2. The minimum Gasteiger partial charge on any atom is -0.507 e. The zero-order valence-corrected chi connectivity index (χ0v) is 13.5. The van der Waals surface area contributed by atoms with E-state index in [2.05, 4.69) is 44.6 Å². The van der Waals surface area contributed by atoms with Gasteiger partial charge in [0.25, 0.3) is 0 Å². The first-order valence-electron chi connectivity index (χ1n) is 5.46. The molecule has 0 aliphatic rings. The SMILES string of the molecule is N#C/C(=C/c1ccc(O)c(I)c1)c1cccc(Br)c1. The van der Waals surface area contributed by atoms with E-state index in [9.17, 15) is 10.4 Å². The quantitative estimate of drug-likeness (QED) is 0.425. The van der Waals surface area contributed by atoms with Crippen molar-refractivity contribution in [2.24, 2.45) is 0 Å². The summed E-state index contributed by atoms with van der Waals surface area (Å²) in [7, 11) is 0. The maximum Gasteiger partial charge on any atom is 0.128 e. The van der Waals surface area contributed by atoms with E-state index in [1.54, 1.807) is 12.1 Å². The van der Waals surface area contributed by atoms with Crippen LogP contribution in [0.3, 0.4) is 0 Å². The summed E-state index contributed by atoms with van der Waals surface area (Å²) in [5, 5.41) is 18.8. The molecule has 0 amide bonds. The third kappa shape index (κ3) is 3.58. The number of benzene rings is 2. The number of phenolic OH excluding ortho intramolecular Hbond substituents is 1. The van der Waals surface area contributed by atoms with Gasteiger partial charge in [0.1, 0.15) is 5.75 Å². The molecule has 0 unspecified atom stereocenters. The standard InChI is InChI=1S/C15H9BrINO/c16-13-3-1-2-11(8-13)12(9-18)6-10-4-5-15(19)14(17)7-10/h1-8,19H/b12-6-. The van der Waals surface area contributed by atoms with E-state index in [-0.39, 0.29) is 5.75 Å². The second-order valence-corrected chi connectivity index (χ2v) is 5.97. The molecule has 0 aliphatic carbocycles. The Bertz CT molecular complexity index is 689. The molecule has 0 radical (unpaired) electrons. The molecule has 94 valence electrons. The number of hydrogen-bond acceptors (Lipinski definition) is 2. The Hall–Kier alpha value is -1.32. The third-order valence-electron chi connectivity index (χ3n) is 2.54. The molecule has 0 bridgehead atoms. The molecule has 0 aromatic heterocycles. The highest BCUT2D eigenvalue weighted by molar-refractivity contribution is 14.1. The molecule has 2 aromatic carbocycles. The van der Waals surface area contributed by atoms with Gasteiger partial charge in [0.2, 0.25) is 0 Å². The van der Waals surface area contributed by atoms with Gasteiger partial charge in [-0.1, -0.05) is 34.1 Å². The number of hydrogen-bond donors (Lipinski definition) is 1. The second-order valence-electron chi connectivity index (χ2n) is 3.89. The van der Waals surface area contributed by atoms with Crippen LogP contribution in [0.25, 0.3) is 11.6 Å². The summed E-state index contributed by atoms with van der Waals surface area (Å²) < 4.78 is 1.70. The summed E-state index contributed by atoms with van der Waals surface area (Å²) in [4.78, 5) is 0. The smallest absolute Gasteiger partial charge is 0.128 e. The van der Waals surface area contributed by atoms with Gasteiger partial charge in [-0.2, -0.15) is 5.26 Å². The van der Waals surface area contributed by atoms with Crippen LogP contribution in [0.2, 0.25) is 0 Å². The Labute approximate surface area is 133 Å². The fourth-order valence-electron chi connectivity index (χ4n) is 1.62. The predicted molar refractivity (Wildman–Crippen MR) is 88.4 cm³/mol. The summed E-state index contributed by atoms with van der Waals surface area (Å²) in [6.07, 6.45) is 1.81. The maximum absolute atomic E-state index is 9.49. The van der Waals surface area contributed by atoms with Crippen molar-refractivity contribution < 1.29 is 5.11 Å². The summed E-state index contributed by atoms with van der Waals surface area (Å²) in [5.41, 5.74) is 2.33. The van der Waals surface area contributed by atoms with Gasteiger partial charge in [0.15, 0.2) is 0 Å². The summed E-state index contributed by atoms with van der Waals surface area (Å²) in [5.74, 6) is 0.249. The highest BCUT2D eigenvalue weighted by Crippen LogP contribution is 2.24. The molecule has 0 atom stereocenters. The third-order valence-corrected chi connectivity index (χ3v) is 3.90. The van der Waals surface area contributed by atoms with Crippen LogP contribution < -0.4 is 0 Å². The van der Waals surface area contributed by atoms with E-state index >= 15 is 0 Å². The van der Waals surface area contributed by atoms with Crippen LogP contribution in [0.1, 0.15) is 11.1 Å². The van der Waals surface area contributed by atoms with Gasteiger partial charge in [-0.25, -0.2) is 0 Å². The number of allylic oxidation sites excluding steroid dienone is 1. The number of aromatic hydroxyl groups is 1. The van der Waals surface area contributed by atoms with Crippen molar-refractivity contribution in [2.45, 2.75) is 0 Å². The molecule has 0 spiro atoms. The lowest BCUT2D eigenvalue weighted by Crippen LogP contribution is -1.83. The van der Waals surface area contributed by atoms with Crippen molar-refractivity contribution in [1.29, 1.82) is 5.26 Å². The Kier molecular flexibility index (Phi) is 4.61. The van der Waals surface area contributed by atoms with Gasteiger partial charge < -0.3 is 5.11 Å². The molecule has 2 nitrogen and oxygen atoms in total. The monoisotopic (exact) mass is 425 g/mol. The lowest BCUT2D eigenvalue weighted by atomic mass is 10.0. The fourth-order valence-corrected chi connectivity index (χ4v) is 2.55. The van der Waals surface area contributed by atoms with Crippen LogP contribution in [-0.4, -0.2) is 5.11 Å². The molecule has 0 aliphatic heterocycles. The van der Waals surface area contributed by atoms with Crippen molar-refractivity contribution in [3.05, 3.63) is 61.6 Å². The van der Waals surface area contributed by atoms with E-state index < -0.39 is 0 Å². The molecule has 0 saturated carbocycles. The van der Waals surface area contributed by atoms with Gasteiger partial charge in [-0.3, -0.25) is 0 Å². The Morgan fingerprint density at radius 1 is 1.26 bits per heavy atom. The molecule has 1 N–H and O–H groups in total. The van der Waals surface area contributed by atoms with Crippen molar-refractivity contribution >= 4 is 50.2 Å². The minimum absolute atomic E-state index is 0.249. The number of phenols is 1. The van der Waals surface area contributed by atoms with Crippen molar-refractivity contribution in [1.82, 2.24) is 0 Å². The van der Waals surface area contributed by atoms with Crippen LogP contribution in [0, 0.1) is 14.9 Å². The first-order valence-corrected chi connectivity index (χ1v) is 7.33. The molecule has 4 heteroatoms. The second kappa shape index (κ2) is 6.22. The summed E-state index contributed by atoms with van der Waals surface area (Å²) in [6, 6.07) is 15.1. The van der Waals surface area contributed by atoms with Crippen molar-refractivity contribution in [3.63, 3.8) is 0 Å². The molecular weight excluding hydrogens is 417 g/mol. The van der Waals surface area contributed by atoms with Gasteiger partial charge in [0, 0.05) is 4.47 Å². The topological polar surface area (TPSA) is 44.0 Å². The van der Waals surface area contributed by atoms with E-state index in [0.717, 1.165) is 19.2 Å². The zero-order chi connectivity index (χ0) is 13.8. The predicted octanol–water partition coefficient (Wildman–Crippen LogP) is 4.82. The molecular formula is C15H9BrINO. The molecule has 2 aromatic rings. The average Bonchev–Trinajstić information content (AvgIpc) is 2.40. The number of nitrogens with zero attached hydrogens (tertiary/aromatic N) is 1. The summed E-state index contributed by atoms with van der Waals surface area (Å²) in [6.45, 7) is 0. The molecule has 2 rings (SSSR count). The lowest BCUT2D eigenvalue weighted by Gasteiger charge is -2.02. The molecule has 0 heterocycles. The van der Waals surface area contributed by atoms with E-state index in [4.69, 9.17) is 0 Å². The Morgan fingerprint density at radius 2 is 2.05 bits per heavy atom. The molecule has 19 heavy (non-hydrogen) atoms. The van der Waals surface area contributed by atoms with Crippen molar-refractivity contribution in [2.75, 3.05) is 0 Å². The van der Waals surface area contributed by atoms with Crippen LogP contribution in [0.15, 0.2) is 46.9 Å². The summed E-state index contributed by atoms with van der Waals surface area (Å²) >= 11 is 5.45. The highest BCUT2D eigenvalue weighted by Gasteiger charge is 2.03. The number of rotatable bonds is 2. The molecule has 0 saturated heterocycles.